The Balaban J connectivity index is 1.84. The lowest BCUT2D eigenvalue weighted by molar-refractivity contribution is -0.141. The second kappa shape index (κ2) is 13.4. The number of nitrogens with one attached hydrogen (secondary N) is 3. The van der Waals surface area contributed by atoms with Gasteiger partial charge in [0.2, 0.25) is 21.8 Å². The highest BCUT2D eigenvalue weighted by atomic mass is 32.2. The number of carbonyl (C=O) groups excluding carboxylic acids is 4. The van der Waals surface area contributed by atoms with Gasteiger partial charge in [0.1, 0.15) is 23.2 Å². The predicted molar refractivity (Wildman–Crippen MR) is 151 cm³/mol. The van der Waals surface area contributed by atoms with Crippen LogP contribution in [0.3, 0.4) is 0 Å². The lowest BCUT2D eigenvalue weighted by atomic mass is 10.0. The first-order valence-corrected chi connectivity index (χ1v) is 16.3. The summed E-state index contributed by atoms with van der Waals surface area (Å²) in [5, 5.41) is 5.55. The topological polar surface area (TPSA) is 151 Å². The summed E-state index contributed by atoms with van der Waals surface area (Å²) in [6.45, 7) is 7.29. The first-order valence-electron chi connectivity index (χ1n) is 14.6. The van der Waals surface area contributed by atoms with Crippen molar-refractivity contribution in [3.63, 3.8) is 0 Å². The Morgan fingerprint density at radius 2 is 1.80 bits per heavy atom. The van der Waals surface area contributed by atoms with Crippen LogP contribution in [-0.2, 0) is 29.1 Å². The number of hydrogen-bond acceptors (Lipinski definition) is 7. The molecule has 1 saturated heterocycles. The zero-order chi connectivity index (χ0) is 29.6. The van der Waals surface area contributed by atoms with E-state index in [4.69, 9.17) is 4.74 Å². The molecule has 0 radical (unpaired) electrons. The summed E-state index contributed by atoms with van der Waals surface area (Å²) in [6.07, 6.45) is 10.7. The number of hydrogen-bond donors (Lipinski definition) is 3. The van der Waals surface area contributed by atoms with Gasteiger partial charge in [-0.2, -0.15) is 0 Å². The molecule has 0 bridgehead atoms. The number of rotatable bonds is 5. The Morgan fingerprint density at radius 1 is 1.10 bits per heavy atom. The average Bonchev–Trinajstić information content (AvgIpc) is 3.30. The fourth-order valence-corrected chi connectivity index (χ4v) is 6.55. The second-order valence-corrected chi connectivity index (χ2v) is 14.0. The molecule has 1 saturated carbocycles. The molecule has 2 heterocycles. The Hall–Kier alpha value is -2.63. The molecule has 4 atom stereocenters. The third kappa shape index (κ3) is 8.68. The predicted octanol–water partition coefficient (Wildman–Crippen LogP) is 2.90. The molecule has 40 heavy (non-hydrogen) atoms. The van der Waals surface area contributed by atoms with Gasteiger partial charge in [0.05, 0.1) is 5.75 Å². The molecule has 11 nitrogen and oxygen atoms in total. The van der Waals surface area contributed by atoms with E-state index < -0.39 is 51.2 Å². The molecule has 0 spiro atoms. The monoisotopic (exact) mass is 582 g/mol. The van der Waals surface area contributed by atoms with Crippen LogP contribution in [0.5, 0.6) is 0 Å². The van der Waals surface area contributed by atoms with Crippen LogP contribution in [0, 0.1) is 5.92 Å². The summed E-state index contributed by atoms with van der Waals surface area (Å²) in [5.41, 5.74) is -2.11. The molecule has 1 aliphatic carbocycles. The second-order valence-electron chi connectivity index (χ2n) is 12.2. The normalized spacial score (nSPS) is 29.3. The number of carbonyl (C=O) groups is 4. The highest BCUT2D eigenvalue weighted by Gasteiger charge is 2.61. The van der Waals surface area contributed by atoms with Gasteiger partial charge < -0.3 is 20.3 Å². The van der Waals surface area contributed by atoms with Crippen molar-refractivity contribution >= 4 is 33.8 Å². The number of nitrogens with zero attached hydrogens (tertiary/aromatic N) is 1. The van der Waals surface area contributed by atoms with Crippen molar-refractivity contribution in [1.82, 2.24) is 20.3 Å². The summed E-state index contributed by atoms with van der Waals surface area (Å²) in [6, 6.07) is -1.67. The minimum absolute atomic E-state index is 0.194. The molecule has 3 rings (SSSR count). The molecule has 2 fully saturated rings. The molecule has 12 heteroatoms. The molecule has 2 aliphatic heterocycles. The van der Waals surface area contributed by atoms with Crippen LogP contribution in [-0.4, -0.2) is 72.7 Å². The van der Waals surface area contributed by atoms with Gasteiger partial charge >= 0.3 is 6.09 Å². The van der Waals surface area contributed by atoms with Crippen LogP contribution in [0.4, 0.5) is 4.79 Å². The van der Waals surface area contributed by atoms with E-state index in [1.165, 1.54) is 4.90 Å². The maximum Gasteiger partial charge on any atom is 0.408 e. The van der Waals surface area contributed by atoms with Gasteiger partial charge in [0.15, 0.2) is 0 Å². The van der Waals surface area contributed by atoms with Gasteiger partial charge in [-0.05, 0) is 65.7 Å². The van der Waals surface area contributed by atoms with Crippen LogP contribution in [0.2, 0.25) is 0 Å². The molecule has 0 aromatic heterocycles. The molecule has 3 aliphatic rings. The Kier molecular flexibility index (Phi) is 10.6. The molecule has 1 unspecified atom stereocenters. The van der Waals surface area contributed by atoms with Crippen molar-refractivity contribution in [3.8, 4) is 0 Å². The third-order valence-corrected chi connectivity index (χ3v) is 8.99. The average molecular weight is 583 g/mol. The highest BCUT2D eigenvalue weighted by Crippen LogP contribution is 2.45. The third-order valence-electron chi connectivity index (χ3n) is 7.55. The quantitative estimate of drug-likeness (QED) is 0.422. The van der Waals surface area contributed by atoms with Crippen molar-refractivity contribution < 1.29 is 32.3 Å². The van der Waals surface area contributed by atoms with Crippen LogP contribution >= 0.6 is 0 Å². The maximum atomic E-state index is 13.7. The van der Waals surface area contributed by atoms with Crippen LogP contribution < -0.4 is 15.4 Å². The number of fused-ring (bicyclic) bond motifs is 2. The number of ether oxygens (including phenoxy) is 1. The van der Waals surface area contributed by atoms with Gasteiger partial charge in [-0.3, -0.25) is 19.1 Å². The van der Waals surface area contributed by atoms with Gasteiger partial charge in [-0.25, -0.2) is 13.2 Å². The Bertz CT molecular complexity index is 1080. The van der Waals surface area contributed by atoms with Crippen LogP contribution in [0.15, 0.2) is 12.2 Å². The van der Waals surface area contributed by atoms with E-state index in [9.17, 15) is 27.6 Å². The summed E-state index contributed by atoms with van der Waals surface area (Å²) < 4.78 is 32.3. The van der Waals surface area contributed by atoms with Crippen molar-refractivity contribution in [1.29, 1.82) is 0 Å². The van der Waals surface area contributed by atoms with Crippen LogP contribution in [0.25, 0.3) is 0 Å². The Labute approximate surface area is 238 Å². The van der Waals surface area contributed by atoms with Gasteiger partial charge in [-0.15, -0.1) is 0 Å². The lowest BCUT2D eigenvalue weighted by Gasteiger charge is -2.30. The summed E-state index contributed by atoms with van der Waals surface area (Å²) in [5.74, 6) is -2.13. The SMILES string of the molecule is CCCS(=O)(=O)NC(=O)[C@@]12C[C@@H]1/C=C\CCCCCCCC(NC(=O)OC(C)(C)C)C(=O)N1CCC[C@H]1C(=O)N2. The van der Waals surface area contributed by atoms with Crippen LogP contribution in [0.1, 0.15) is 98.3 Å². The van der Waals surface area contributed by atoms with E-state index in [-0.39, 0.29) is 24.0 Å². The molecule has 4 amide bonds. The number of sulfonamides is 1. The molecule has 226 valence electrons. The van der Waals surface area contributed by atoms with Crippen molar-refractivity contribution in [2.24, 2.45) is 5.92 Å². The largest absolute Gasteiger partial charge is 0.444 e. The zero-order valence-corrected chi connectivity index (χ0v) is 25.1. The van der Waals surface area contributed by atoms with Gasteiger partial charge in [-0.1, -0.05) is 44.8 Å². The highest BCUT2D eigenvalue weighted by molar-refractivity contribution is 7.90. The number of amides is 4. The van der Waals surface area contributed by atoms with E-state index in [0.29, 0.717) is 32.2 Å². The first kappa shape index (κ1) is 31.9. The summed E-state index contributed by atoms with van der Waals surface area (Å²) in [4.78, 5) is 54.6. The summed E-state index contributed by atoms with van der Waals surface area (Å²) >= 11 is 0. The standard InChI is InChI=1S/C28H46N4O7S/c1-5-18-40(37,38)31-25(35)28-19-20(28)14-11-9-7-6-8-10-12-15-21(29-26(36)39-27(2,3)4)24(34)32-17-13-16-22(32)23(33)30-28/h11,14,20-22H,5-10,12-13,15-19H2,1-4H3,(H,29,36)(H,30,33)(H,31,35)/b14-11-/t20-,21?,22-,28+/m0/s1. The number of alkyl carbamates (subject to hydrolysis) is 1. The van der Waals surface area contributed by atoms with E-state index in [1.54, 1.807) is 27.7 Å². The first-order chi connectivity index (χ1) is 18.8. The van der Waals surface area contributed by atoms with E-state index in [2.05, 4.69) is 15.4 Å². The molecule has 0 aromatic carbocycles. The smallest absolute Gasteiger partial charge is 0.408 e. The minimum atomic E-state index is -3.83. The molecule has 0 aromatic rings. The fraction of sp³-hybridized carbons (Fsp3) is 0.786. The van der Waals surface area contributed by atoms with Gasteiger partial charge in [0.25, 0.3) is 5.91 Å². The van der Waals surface area contributed by atoms with E-state index >= 15 is 0 Å². The molecular weight excluding hydrogens is 536 g/mol. The lowest BCUT2D eigenvalue weighted by Crippen LogP contribution is -2.58. The van der Waals surface area contributed by atoms with Gasteiger partial charge in [0, 0.05) is 12.5 Å². The van der Waals surface area contributed by atoms with Crippen molar-refractivity contribution in [2.75, 3.05) is 12.3 Å². The van der Waals surface area contributed by atoms with E-state index in [0.717, 1.165) is 38.5 Å². The number of allylic oxidation sites excluding steroid dienone is 1. The van der Waals surface area contributed by atoms with Crippen molar-refractivity contribution in [2.45, 2.75) is 122 Å². The van der Waals surface area contributed by atoms with E-state index in [1.807, 2.05) is 12.2 Å². The Morgan fingerprint density at radius 3 is 2.50 bits per heavy atom. The zero-order valence-electron chi connectivity index (χ0n) is 24.3. The van der Waals surface area contributed by atoms with Crippen molar-refractivity contribution in [3.05, 3.63) is 12.2 Å². The summed E-state index contributed by atoms with van der Waals surface area (Å²) in [7, 11) is -3.83. The minimum Gasteiger partial charge on any atom is -0.444 e. The fourth-order valence-electron chi connectivity index (χ4n) is 5.45. The molecular formula is C28H46N4O7S. The molecule has 3 N–H and O–H groups in total. The maximum absolute atomic E-state index is 13.7.